The fourth-order valence-electron chi connectivity index (χ4n) is 6.16. The van der Waals surface area contributed by atoms with Crippen LogP contribution in [0, 0.1) is 0 Å². The Hall–Kier alpha value is -3.65. The first-order chi connectivity index (χ1) is 19.4. The molecule has 0 saturated carbocycles. The molecule has 0 spiro atoms. The summed E-state index contributed by atoms with van der Waals surface area (Å²) in [6.45, 7) is 10.3. The first-order valence-corrected chi connectivity index (χ1v) is 14.8. The molecule has 1 fully saturated rings. The summed E-state index contributed by atoms with van der Waals surface area (Å²) in [6.07, 6.45) is 6.20. The van der Waals surface area contributed by atoms with Crippen LogP contribution < -0.4 is 10.2 Å². The summed E-state index contributed by atoms with van der Waals surface area (Å²) in [5.41, 5.74) is 2.30. The van der Waals surface area contributed by atoms with Crippen molar-refractivity contribution in [2.24, 2.45) is 0 Å². The summed E-state index contributed by atoms with van der Waals surface area (Å²) in [4.78, 5) is 49.9. The number of carbonyl (C=O) groups excluding carboxylic acids is 3. The molecule has 8 heteroatoms. The van der Waals surface area contributed by atoms with E-state index in [1.807, 2.05) is 25.1 Å². The van der Waals surface area contributed by atoms with E-state index in [1.54, 1.807) is 29.2 Å². The third-order valence-electron chi connectivity index (χ3n) is 8.45. The molecule has 2 aromatic carbocycles. The van der Waals surface area contributed by atoms with E-state index < -0.39 is 5.54 Å². The minimum Gasteiger partial charge on any atom is -0.356 e. The van der Waals surface area contributed by atoms with Crippen molar-refractivity contribution >= 4 is 34.4 Å². The third-order valence-corrected chi connectivity index (χ3v) is 8.45. The van der Waals surface area contributed by atoms with Crippen LogP contribution in [0.3, 0.4) is 0 Å². The van der Waals surface area contributed by atoms with Crippen LogP contribution in [0.5, 0.6) is 0 Å². The predicted molar refractivity (Wildman–Crippen MR) is 159 cm³/mol. The van der Waals surface area contributed by atoms with E-state index in [9.17, 15) is 14.4 Å². The maximum Gasteiger partial charge on any atom is 0.332 e. The number of para-hydroxylation sites is 2. The van der Waals surface area contributed by atoms with Gasteiger partial charge in [-0.2, -0.15) is 0 Å². The molecule has 1 saturated heterocycles. The molecule has 4 amide bonds. The molecule has 1 aromatic heterocycles. The van der Waals surface area contributed by atoms with Gasteiger partial charge in [0.1, 0.15) is 0 Å². The molecular formula is C32H41N5O3. The zero-order valence-corrected chi connectivity index (χ0v) is 24.0. The number of carbonyl (C=O) groups is 3. The number of nitrogens with zero attached hydrogens (tertiary/aromatic N) is 3. The van der Waals surface area contributed by atoms with Crippen LogP contribution in [-0.4, -0.2) is 65.4 Å². The normalized spacial score (nSPS) is 18.5. The molecule has 1 atom stereocenters. The van der Waals surface area contributed by atoms with Gasteiger partial charge in [0.15, 0.2) is 5.54 Å². The first-order valence-electron chi connectivity index (χ1n) is 14.8. The number of amides is 4. The number of aromatic amines is 1. The smallest absolute Gasteiger partial charge is 0.332 e. The van der Waals surface area contributed by atoms with Crippen molar-refractivity contribution in [3.05, 3.63) is 65.4 Å². The van der Waals surface area contributed by atoms with Crippen LogP contribution in [0.25, 0.3) is 10.9 Å². The molecule has 2 aliphatic heterocycles. The van der Waals surface area contributed by atoms with Crippen LogP contribution >= 0.6 is 0 Å². The van der Waals surface area contributed by atoms with Gasteiger partial charge in [-0.05, 0) is 76.0 Å². The van der Waals surface area contributed by atoms with Crippen LogP contribution in [-0.2, 0) is 16.8 Å². The summed E-state index contributed by atoms with van der Waals surface area (Å²) < 4.78 is 0. The van der Waals surface area contributed by atoms with Gasteiger partial charge in [-0.25, -0.2) is 9.69 Å². The molecule has 0 bridgehead atoms. The van der Waals surface area contributed by atoms with E-state index in [4.69, 9.17) is 0 Å². The summed E-state index contributed by atoms with van der Waals surface area (Å²) in [5, 5.41) is 4.11. The lowest BCUT2D eigenvalue weighted by Gasteiger charge is -2.35. The van der Waals surface area contributed by atoms with E-state index in [0.29, 0.717) is 30.8 Å². The van der Waals surface area contributed by atoms with Crippen molar-refractivity contribution in [2.45, 2.75) is 64.8 Å². The zero-order chi connectivity index (χ0) is 28.3. The number of hydrogen-bond acceptors (Lipinski definition) is 4. The Labute approximate surface area is 236 Å². The highest BCUT2D eigenvalue weighted by molar-refractivity contribution is 6.25. The Morgan fingerprint density at radius 1 is 0.975 bits per heavy atom. The van der Waals surface area contributed by atoms with Gasteiger partial charge in [-0.3, -0.25) is 9.59 Å². The molecule has 0 aliphatic carbocycles. The van der Waals surface area contributed by atoms with Crippen molar-refractivity contribution in [3.63, 3.8) is 0 Å². The van der Waals surface area contributed by atoms with Crippen molar-refractivity contribution in [1.29, 1.82) is 0 Å². The summed E-state index contributed by atoms with van der Waals surface area (Å²) in [7, 11) is 0. The Bertz CT molecular complexity index is 1390. The standard InChI is InChI=1S/C32H41N5O3/c1-4-6-19-35(20-7-5-2)21-12-18-33-29(38)25-14-9-11-16-27(25)37-30(39)32(3)28-24(17-22-36(32)31(37)40)23-13-8-10-15-26(23)34-28/h8-11,13-16,34H,4-7,12,17-22H2,1-3H3,(H,33,38). The fourth-order valence-corrected chi connectivity index (χ4v) is 6.16. The van der Waals surface area contributed by atoms with Gasteiger partial charge in [0.2, 0.25) is 0 Å². The SMILES string of the molecule is CCCCN(CCCC)CCCNC(=O)c1ccccc1N1C(=O)N2CCc3c([nH]c4ccccc34)C2(C)C1=O. The van der Waals surface area contributed by atoms with Crippen LogP contribution in [0.1, 0.15) is 74.5 Å². The molecule has 5 rings (SSSR count). The van der Waals surface area contributed by atoms with Gasteiger partial charge in [0.05, 0.1) is 16.9 Å². The highest BCUT2D eigenvalue weighted by Gasteiger charge is 2.59. The van der Waals surface area contributed by atoms with Crippen molar-refractivity contribution in [2.75, 3.05) is 37.6 Å². The van der Waals surface area contributed by atoms with Crippen LogP contribution in [0.4, 0.5) is 10.5 Å². The Balaban J connectivity index is 1.33. The molecule has 8 nitrogen and oxygen atoms in total. The molecule has 40 heavy (non-hydrogen) atoms. The molecular weight excluding hydrogens is 502 g/mol. The highest BCUT2D eigenvalue weighted by Crippen LogP contribution is 2.45. The average Bonchev–Trinajstić information content (AvgIpc) is 3.45. The summed E-state index contributed by atoms with van der Waals surface area (Å²) >= 11 is 0. The van der Waals surface area contributed by atoms with Gasteiger partial charge in [0, 0.05) is 24.0 Å². The molecule has 2 N–H and O–H groups in total. The average molecular weight is 544 g/mol. The third kappa shape index (κ3) is 4.89. The number of urea groups is 1. The maximum atomic E-state index is 14.1. The van der Waals surface area contributed by atoms with E-state index >= 15 is 0 Å². The number of rotatable bonds is 12. The van der Waals surface area contributed by atoms with E-state index in [2.05, 4.69) is 35.1 Å². The second-order valence-corrected chi connectivity index (χ2v) is 11.1. The molecule has 1 unspecified atom stereocenters. The first kappa shape index (κ1) is 27.9. The van der Waals surface area contributed by atoms with Gasteiger partial charge in [-0.15, -0.1) is 0 Å². The zero-order valence-electron chi connectivity index (χ0n) is 24.0. The number of fused-ring (bicyclic) bond motifs is 5. The number of nitrogens with one attached hydrogen (secondary N) is 2. The van der Waals surface area contributed by atoms with Gasteiger partial charge in [-0.1, -0.05) is 57.0 Å². The van der Waals surface area contributed by atoms with Crippen LogP contribution in [0.15, 0.2) is 48.5 Å². The van der Waals surface area contributed by atoms with Crippen molar-refractivity contribution in [1.82, 2.24) is 20.1 Å². The van der Waals surface area contributed by atoms with Crippen LogP contribution in [0.2, 0.25) is 0 Å². The van der Waals surface area contributed by atoms with E-state index in [-0.39, 0.29) is 17.8 Å². The molecule has 212 valence electrons. The molecule has 3 aromatic rings. The minimum absolute atomic E-state index is 0.272. The predicted octanol–water partition coefficient (Wildman–Crippen LogP) is 5.43. The highest BCUT2D eigenvalue weighted by atomic mass is 16.2. The maximum absolute atomic E-state index is 14.1. The van der Waals surface area contributed by atoms with E-state index in [0.717, 1.165) is 48.2 Å². The van der Waals surface area contributed by atoms with Gasteiger partial charge in [0.25, 0.3) is 11.8 Å². The number of H-pyrrole nitrogens is 1. The Morgan fingerprint density at radius 2 is 1.65 bits per heavy atom. The number of hydrogen-bond donors (Lipinski definition) is 2. The lowest BCUT2D eigenvalue weighted by Crippen LogP contribution is -2.49. The fraction of sp³-hybridized carbons (Fsp3) is 0.469. The summed E-state index contributed by atoms with van der Waals surface area (Å²) in [5.74, 6) is -0.612. The van der Waals surface area contributed by atoms with Crippen molar-refractivity contribution < 1.29 is 14.4 Å². The number of imide groups is 1. The lowest BCUT2D eigenvalue weighted by molar-refractivity contribution is -0.125. The molecule has 3 heterocycles. The van der Waals surface area contributed by atoms with E-state index in [1.165, 1.54) is 30.6 Å². The second-order valence-electron chi connectivity index (χ2n) is 11.1. The Morgan fingerprint density at radius 3 is 2.40 bits per heavy atom. The number of aromatic nitrogens is 1. The molecule has 2 aliphatic rings. The molecule has 0 radical (unpaired) electrons. The minimum atomic E-state index is -1.16. The lowest BCUT2D eigenvalue weighted by atomic mass is 9.87. The second kappa shape index (κ2) is 11.8. The van der Waals surface area contributed by atoms with Gasteiger partial charge < -0.3 is 20.1 Å². The monoisotopic (exact) mass is 543 g/mol. The number of anilines is 1. The van der Waals surface area contributed by atoms with Crippen molar-refractivity contribution in [3.8, 4) is 0 Å². The van der Waals surface area contributed by atoms with Gasteiger partial charge >= 0.3 is 6.03 Å². The summed E-state index contributed by atoms with van der Waals surface area (Å²) in [6, 6.07) is 14.5. The number of unbranched alkanes of at least 4 members (excludes halogenated alkanes) is 2. The Kier molecular flexibility index (Phi) is 8.26. The quantitative estimate of drug-likeness (QED) is 0.236. The number of benzene rings is 2. The largest absolute Gasteiger partial charge is 0.356 e. The topological polar surface area (TPSA) is 88.8 Å².